The topological polar surface area (TPSA) is 18.5 Å². The van der Waals surface area contributed by atoms with Gasteiger partial charge < -0.3 is 9.47 Å². The van der Waals surface area contributed by atoms with Crippen LogP contribution in [-0.4, -0.2) is 16.4 Å². The van der Waals surface area contributed by atoms with Crippen LogP contribution in [0.5, 0.6) is 0 Å². The fourth-order valence-corrected chi connectivity index (χ4v) is 2.93. The van der Waals surface area contributed by atoms with Gasteiger partial charge in [0.15, 0.2) is 0 Å². The average Bonchev–Trinajstić information content (AvgIpc) is 2.22. The Morgan fingerprint density at radius 3 is 1.43 bits per heavy atom. The van der Waals surface area contributed by atoms with E-state index in [1.807, 2.05) is 41.5 Å². The van der Waals surface area contributed by atoms with Gasteiger partial charge in [0, 0.05) is 6.42 Å². The molecule has 0 heterocycles. The van der Waals surface area contributed by atoms with Crippen molar-refractivity contribution in [3.8, 4) is 0 Å². The summed E-state index contributed by atoms with van der Waals surface area (Å²) in [5, 5.41) is -1.01. The molecule has 0 rings (SSSR count). The van der Waals surface area contributed by atoms with Gasteiger partial charge in [-0.05, 0) is 48.0 Å². The van der Waals surface area contributed by atoms with E-state index in [0.29, 0.717) is 0 Å². The third-order valence-corrected chi connectivity index (χ3v) is 3.34. The highest BCUT2D eigenvalue weighted by atomic mass is 35.5. The van der Waals surface area contributed by atoms with Gasteiger partial charge in [-0.1, -0.05) is 57.0 Å². The van der Waals surface area contributed by atoms with Crippen LogP contribution in [0.25, 0.3) is 0 Å². The van der Waals surface area contributed by atoms with Crippen LogP contribution in [-0.2, 0) is 9.47 Å². The minimum atomic E-state index is -1.01. The Kier molecular flexibility index (Phi) is 9.47. The lowest BCUT2D eigenvalue weighted by molar-refractivity contribution is -0.266. The molecule has 0 atom stereocenters. The van der Waals surface area contributed by atoms with Crippen LogP contribution in [0.3, 0.4) is 0 Å². The number of unbranched alkanes of at least 4 members (excludes halogenated alkanes) is 6. The first kappa shape index (κ1) is 21.2. The smallest absolute Gasteiger partial charge is 0.249 e. The number of ether oxygens (including phenoxy) is 2. The second kappa shape index (κ2) is 9.37. The molecule has 0 saturated carbocycles. The molecule has 0 unspecified atom stereocenters. The molecular weight excluding hydrogens is 284 g/mol. The predicted octanol–water partition coefficient (Wildman–Crippen LogP) is 6.65. The molecule has 0 bridgehead atoms. The highest BCUT2D eigenvalue weighted by Gasteiger charge is 2.37. The minimum absolute atomic E-state index is 0.311. The largest absolute Gasteiger partial charge is 0.331 e. The molecule has 0 amide bonds. The molecule has 0 fully saturated rings. The van der Waals surface area contributed by atoms with Crippen molar-refractivity contribution in [1.29, 1.82) is 0 Å². The van der Waals surface area contributed by atoms with Crippen molar-refractivity contribution in [2.45, 2.75) is 116 Å². The number of alkyl halides is 1. The molecule has 0 aliphatic carbocycles. The Labute approximate surface area is 137 Å². The normalized spacial score (nSPS) is 13.7. The van der Waals surface area contributed by atoms with Gasteiger partial charge in [-0.3, -0.25) is 0 Å². The summed E-state index contributed by atoms with van der Waals surface area (Å²) in [4.78, 5) is 0. The predicted molar refractivity (Wildman–Crippen MR) is 92.9 cm³/mol. The lowest BCUT2D eigenvalue weighted by Crippen LogP contribution is -2.42. The summed E-state index contributed by atoms with van der Waals surface area (Å²) >= 11 is 6.63. The highest BCUT2D eigenvalue weighted by molar-refractivity contribution is 6.21. The first-order valence-corrected chi connectivity index (χ1v) is 8.94. The van der Waals surface area contributed by atoms with Gasteiger partial charge in [0.2, 0.25) is 5.25 Å². The molecule has 0 aromatic rings. The van der Waals surface area contributed by atoms with Crippen LogP contribution in [0.15, 0.2) is 0 Å². The van der Waals surface area contributed by atoms with Crippen LogP contribution < -0.4 is 0 Å². The molecule has 0 aliphatic heterocycles. The maximum Gasteiger partial charge on any atom is 0.249 e. The highest BCUT2D eigenvalue weighted by Crippen LogP contribution is 2.35. The van der Waals surface area contributed by atoms with E-state index in [1.54, 1.807) is 0 Å². The first-order valence-electron chi connectivity index (χ1n) is 8.57. The van der Waals surface area contributed by atoms with Crippen molar-refractivity contribution >= 4 is 11.6 Å². The fraction of sp³-hybridized carbons (Fsp3) is 1.00. The second-order valence-electron chi connectivity index (χ2n) is 7.96. The van der Waals surface area contributed by atoms with Crippen LogP contribution in [0.4, 0.5) is 0 Å². The summed E-state index contributed by atoms with van der Waals surface area (Å²) in [5.41, 5.74) is -0.623. The second-order valence-corrected chi connectivity index (χ2v) is 8.54. The van der Waals surface area contributed by atoms with Crippen molar-refractivity contribution in [3.63, 3.8) is 0 Å². The summed E-state index contributed by atoms with van der Waals surface area (Å²) in [6.07, 6.45) is 9.56. The van der Waals surface area contributed by atoms with E-state index in [1.165, 1.54) is 38.5 Å². The molecule has 0 radical (unpaired) electrons. The zero-order valence-corrected chi connectivity index (χ0v) is 16.1. The van der Waals surface area contributed by atoms with E-state index in [-0.39, 0.29) is 11.2 Å². The third-order valence-electron chi connectivity index (χ3n) is 3.00. The van der Waals surface area contributed by atoms with Crippen LogP contribution >= 0.6 is 11.6 Å². The van der Waals surface area contributed by atoms with Gasteiger partial charge in [-0.15, -0.1) is 0 Å². The van der Waals surface area contributed by atoms with Crippen LogP contribution in [0, 0.1) is 0 Å². The van der Waals surface area contributed by atoms with Crippen LogP contribution in [0.2, 0.25) is 0 Å². The lowest BCUT2D eigenvalue weighted by atomic mass is 10.1. The molecule has 0 saturated heterocycles. The summed E-state index contributed by atoms with van der Waals surface area (Å²) in [6, 6.07) is 0. The van der Waals surface area contributed by atoms with Crippen LogP contribution in [0.1, 0.15) is 99.8 Å². The van der Waals surface area contributed by atoms with Crippen molar-refractivity contribution in [1.82, 2.24) is 0 Å². The molecule has 21 heavy (non-hydrogen) atoms. The van der Waals surface area contributed by atoms with E-state index in [2.05, 4.69) is 6.92 Å². The standard InChI is InChI=1S/C18H37ClO2/c1-8-9-10-11-12-13-14-15-18(19,20-16(2,3)4)21-17(5,6)7/h8-15H2,1-7H3. The zero-order valence-electron chi connectivity index (χ0n) is 15.4. The summed E-state index contributed by atoms with van der Waals surface area (Å²) < 4.78 is 12.0. The molecule has 128 valence electrons. The number of halogens is 1. The Morgan fingerprint density at radius 1 is 0.667 bits per heavy atom. The Balaban J connectivity index is 4.23. The van der Waals surface area contributed by atoms with Crippen molar-refractivity contribution in [3.05, 3.63) is 0 Å². The maximum atomic E-state index is 6.63. The average molecular weight is 321 g/mol. The van der Waals surface area contributed by atoms with Gasteiger partial charge in [0.05, 0.1) is 11.2 Å². The molecule has 2 nitrogen and oxygen atoms in total. The van der Waals surface area contributed by atoms with Gasteiger partial charge in [0.25, 0.3) is 0 Å². The molecule has 0 aromatic carbocycles. The third kappa shape index (κ3) is 13.6. The molecular formula is C18H37ClO2. The number of rotatable bonds is 10. The maximum absolute atomic E-state index is 6.63. The molecule has 0 aromatic heterocycles. The van der Waals surface area contributed by atoms with Crippen molar-refractivity contribution < 1.29 is 9.47 Å². The Morgan fingerprint density at radius 2 is 1.05 bits per heavy atom. The summed E-state index contributed by atoms with van der Waals surface area (Å²) in [7, 11) is 0. The molecule has 0 aliphatic rings. The monoisotopic (exact) mass is 320 g/mol. The first-order chi connectivity index (χ1) is 9.47. The minimum Gasteiger partial charge on any atom is -0.331 e. The van der Waals surface area contributed by atoms with Gasteiger partial charge >= 0.3 is 0 Å². The van der Waals surface area contributed by atoms with E-state index in [9.17, 15) is 0 Å². The Hall–Kier alpha value is 0.210. The molecule has 0 N–H and O–H groups in total. The van der Waals surface area contributed by atoms with E-state index in [0.717, 1.165) is 12.8 Å². The SMILES string of the molecule is CCCCCCCCCC(Cl)(OC(C)(C)C)OC(C)(C)C. The quantitative estimate of drug-likeness (QED) is 0.255. The number of hydrogen-bond donors (Lipinski definition) is 0. The molecule has 3 heteroatoms. The van der Waals surface area contributed by atoms with Gasteiger partial charge in [-0.25, -0.2) is 0 Å². The number of hydrogen-bond acceptors (Lipinski definition) is 2. The zero-order chi connectivity index (χ0) is 16.6. The van der Waals surface area contributed by atoms with E-state index >= 15 is 0 Å². The fourth-order valence-electron chi connectivity index (χ4n) is 2.33. The van der Waals surface area contributed by atoms with Gasteiger partial charge in [0.1, 0.15) is 0 Å². The van der Waals surface area contributed by atoms with Crippen molar-refractivity contribution in [2.75, 3.05) is 0 Å². The summed E-state index contributed by atoms with van der Waals surface area (Å²) in [6.45, 7) is 14.3. The van der Waals surface area contributed by atoms with Gasteiger partial charge in [-0.2, -0.15) is 0 Å². The Bertz CT molecular complexity index is 247. The lowest BCUT2D eigenvalue weighted by Gasteiger charge is -2.38. The van der Waals surface area contributed by atoms with E-state index < -0.39 is 5.25 Å². The molecule has 0 spiro atoms. The van der Waals surface area contributed by atoms with E-state index in [4.69, 9.17) is 21.1 Å². The summed E-state index contributed by atoms with van der Waals surface area (Å²) in [5.74, 6) is 0. The van der Waals surface area contributed by atoms with Crippen molar-refractivity contribution in [2.24, 2.45) is 0 Å².